The number of rotatable bonds is 4. The quantitative estimate of drug-likeness (QED) is 0.770. The van der Waals surface area contributed by atoms with E-state index in [1.807, 2.05) is 6.07 Å². The Hall–Kier alpha value is -0.250. The van der Waals surface area contributed by atoms with Crippen LogP contribution in [0.2, 0.25) is 5.02 Å². The first-order valence-corrected chi connectivity index (χ1v) is 7.84. The van der Waals surface area contributed by atoms with Crippen molar-refractivity contribution < 1.29 is 4.74 Å². The van der Waals surface area contributed by atoms with Gasteiger partial charge in [0.2, 0.25) is 0 Å². The van der Waals surface area contributed by atoms with Crippen LogP contribution < -0.4 is 4.90 Å². The minimum absolute atomic E-state index is 0.621. The van der Waals surface area contributed by atoms with Gasteiger partial charge in [-0.3, -0.25) is 0 Å². The third-order valence-electron chi connectivity index (χ3n) is 3.36. The Bertz CT molecular complexity index is 393. The van der Waals surface area contributed by atoms with Crippen molar-refractivity contribution in [1.82, 2.24) is 0 Å². The van der Waals surface area contributed by atoms with Crippen molar-refractivity contribution in [2.45, 2.75) is 18.2 Å². The van der Waals surface area contributed by atoms with E-state index in [2.05, 4.69) is 40.0 Å². The first-order chi connectivity index (χ1) is 8.70. The van der Waals surface area contributed by atoms with E-state index in [0.717, 1.165) is 35.8 Å². The van der Waals surface area contributed by atoms with E-state index in [0.29, 0.717) is 5.92 Å². The second-order valence-corrected chi connectivity index (χ2v) is 5.85. The molecule has 0 bridgehead atoms. The summed E-state index contributed by atoms with van der Waals surface area (Å²) in [6.45, 7) is 2.80. The van der Waals surface area contributed by atoms with Gasteiger partial charge in [-0.15, -0.1) is 0 Å². The maximum Gasteiger partial charge on any atom is 0.0642 e. The molecule has 1 aliphatic rings. The molecule has 1 atom stereocenters. The lowest BCUT2D eigenvalue weighted by Gasteiger charge is -2.29. The number of nitrogens with zero attached hydrogens (tertiary/aromatic N) is 1. The molecule has 1 aromatic carbocycles. The lowest BCUT2D eigenvalue weighted by Crippen LogP contribution is -2.30. The Balaban J connectivity index is 2.01. The highest BCUT2D eigenvalue weighted by molar-refractivity contribution is 9.08. The predicted molar refractivity (Wildman–Crippen MR) is 80.9 cm³/mol. The molecule has 1 heterocycles. The summed E-state index contributed by atoms with van der Waals surface area (Å²) in [5, 5.41) is 1.67. The molecule has 18 heavy (non-hydrogen) atoms. The molecular formula is C14H19BrClNO. The molecule has 0 spiro atoms. The molecule has 2 rings (SSSR count). The average molecular weight is 333 g/mol. The Labute approximate surface area is 122 Å². The highest BCUT2D eigenvalue weighted by Gasteiger charge is 2.17. The molecule has 1 aromatic rings. The third kappa shape index (κ3) is 3.62. The van der Waals surface area contributed by atoms with Gasteiger partial charge in [-0.2, -0.15) is 0 Å². The number of alkyl halides is 1. The van der Waals surface area contributed by atoms with E-state index in [1.165, 1.54) is 18.4 Å². The van der Waals surface area contributed by atoms with E-state index < -0.39 is 0 Å². The Morgan fingerprint density at radius 3 is 2.94 bits per heavy atom. The van der Waals surface area contributed by atoms with Gasteiger partial charge in [0.1, 0.15) is 0 Å². The van der Waals surface area contributed by atoms with Gasteiger partial charge in [0.15, 0.2) is 0 Å². The van der Waals surface area contributed by atoms with Gasteiger partial charge in [0.05, 0.1) is 17.3 Å². The number of halogens is 2. The van der Waals surface area contributed by atoms with Gasteiger partial charge in [-0.05, 0) is 36.5 Å². The lowest BCUT2D eigenvalue weighted by atomic mass is 10.0. The molecule has 1 unspecified atom stereocenters. The summed E-state index contributed by atoms with van der Waals surface area (Å²) in [5.41, 5.74) is 2.31. The van der Waals surface area contributed by atoms with Crippen LogP contribution >= 0.6 is 27.5 Å². The van der Waals surface area contributed by atoms with Gasteiger partial charge >= 0.3 is 0 Å². The van der Waals surface area contributed by atoms with Crippen molar-refractivity contribution in [3.63, 3.8) is 0 Å². The maximum absolute atomic E-state index is 6.33. The Kier molecular flexibility index (Phi) is 5.34. The summed E-state index contributed by atoms with van der Waals surface area (Å²) in [7, 11) is 2.10. The molecule has 0 saturated carbocycles. The molecule has 1 saturated heterocycles. The van der Waals surface area contributed by atoms with Crippen molar-refractivity contribution in [2.24, 2.45) is 5.92 Å². The van der Waals surface area contributed by atoms with Crippen molar-refractivity contribution in [2.75, 3.05) is 31.7 Å². The molecule has 0 aromatic heterocycles. The third-order valence-corrected chi connectivity index (χ3v) is 4.31. The van der Waals surface area contributed by atoms with Crippen LogP contribution in [0.15, 0.2) is 18.2 Å². The van der Waals surface area contributed by atoms with E-state index in [4.69, 9.17) is 16.3 Å². The van der Waals surface area contributed by atoms with Crippen LogP contribution in [0, 0.1) is 5.92 Å². The topological polar surface area (TPSA) is 12.5 Å². The van der Waals surface area contributed by atoms with Crippen molar-refractivity contribution in [3.8, 4) is 0 Å². The van der Waals surface area contributed by atoms with Gasteiger partial charge in [-0.1, -0.05) is 33.6 Å². The molecule has 0 N–H and O–H groups in total. The summed E-state index contributed by atoms with van der Waals surface area (Å²) in [5.74, 6) is 0.621. The van der Waals surface area contributed by atoms with Gasteiger partial charge in [0.25, 0.3) is 0 Å². The van der Waals surface area contributed by atoms with Crippen molar-refractivity contribution in [3.05, 3.63) is 28.8 Å². The van der Waals surface area contributed by atoms with Crippen LogP contribution in [0.25, 0.3) is 0 Å². The van der Waals surface area contributed by atoms with E-state index >= 15 is 0 Å². The molecule has 1 fully saturated rings. The monoisotopic (exact) mass is 331 g/mol. The summed E-state index contributed by atoms with van der Waals surface area (Å²) in [6, 6.07) is 6.24. The summed E-state index contributed by atoms with van der Waals surface area (Å²) in [4.78, 5) is 2.24. The predicted octanol–water partition coefficient (Wildman–Crippen LogP) is 4.10. The SMILES string of the molecule is CN(CC1CCCOC1)c1ccc(CBr)cc1Cl. The smallest absolute Gasteiger partial charge is 0.0642 e. The fourth-order valence-electron chi connectivity index (χ4n) is 2.38. The largest absolute Gasteiger partial charge is 0.381 e. The number of hydrogen-bond donors (Lipinski definition) is 0. The summed E-state index contributed by atoms with van der Waals surface area (Å²) < 4.78 is 5.52. The van der Waals surface area contributed by atoms with Crippen molar-refractivity contribution in [1.29, 1.82) is 0 Å². The second-order valence-electron chi connectivity index (χ2n) is 4.88. The van der Waals surface area contributed by atoms with Crippen LogP contribution in [-0.4, -0.2) is 26.8 Å². The molecule has 0 aliphatic carbocycles. The fraction of sp³-hybridized carbons (Fsp3) is 0.571. The minimum Gasteiger partial charge on any atom is -0.381 e. The van der Waals surface area contributed by atoms with Crippen molar-refractivity contribution >= 4 is 33.2 Å². The van der Waals surface area contributed by atoms with Crippen LogP contribution in [0.4, 0.5) is 5.69 Å². The lowest BCUT2D eigenvalue weighted by molar-refractivity contribution is 0.0576. The van der Waals surface area contributed by atoms with E-state index in [9.17, 15) is 0 Å². The van der Waals surface area contributed by atoms with Crippen LogP contribution in [-0.2, 0) is 10.1 Å². The first kappa shape index (κ1) is 14.2. The van der Waals surface area contributed by atoms with Crippen LogP contribution in [0.1, 0.15) is 18.4 Å². The first-order valence-electron chi connectivity index (χ1n) is 6.34. The maximum atomic E-state index is 6.33. The zero-order valence-corrected chi connectivity index (χ0v) is 13.0. The zero-order valence-electron chi connectivity index (χ0n) is 10.7. The summed E-state index contributed by atoms with van der Waals surface area (Å²) >= 11 is 9.77. The van der Waals surface area contributed by atoms with E-state index in [1.54, 1.807) is 0 Å². The highest BCUT2D eigenvalue weighted by Crippen LogP contribution is 2.28. The van der Waals surface area contributed by atoms with Gasteiger partial charge in [-0.25, -0.2) is 0 Å². The van der Waals surface area contributed by atoms with Gasteiger partial charge < -0.3 is 9.64 Å². The highest BCUT2D eigenvalue weighted by atomic mass is 79.9. The van der Waals surface area contributed by atoms with E-state index in [-0.39, 0.29) is 0 Å². The number of ether oxygens (including phenoxy) is 1. The Morgan fingerprint density at radius 2 is 2.33 bits per heavy atom. The number of hydrogen-bond acceptors (Lipinski definition) is 2. The minimum atomic E-state index is 0.621. The molecule has 0 amide bonds. The fourth-order valence-corrected chi connectivity index (χ4v) is 3.08. The molecule has 2 nitrogen and oxygen atoms in total. The van der Waals surface area contributed by atoms with Gasteiger partial charge in [0, 0.05) is 25.5 Å². The van der Waals surface area contributed by atoms with Crippen LogP contribution in [0.5, 0.6) is 0 Å². The Morgan fingerprint density at radius 1 is 1.50 bits per heavy atom. The van der Waals surface area contributed by atoms with Crippen LogP contribution in [0.3, 0.4) is 0 Å². The second kappa shape index (κ2) is 6.78. The zero-order chi connectivity index (χ0) is 13.0. The molecule has 1 aliphatic heterocycles. The molecule has 0 radical (unpaired) electrons. The number of benzene rings is 1. The molecule has 4 heteroatoms. The molecular weight excluding hydrogens is 314 g/mol. The number of anilines is 1. The standard InChI is InChI=1S/C14H19BrClNO/c1-17(9-12-3-2-6-18-10-12)14-5-4-11(8-15)7-13(14)16/h4-5,7,12H,2-3,6,8-10H2,1H3. The summed E-state index contributed by atoms with van der Waals surface area (Å²) in [6.07, 6.45) is 2.43. The average Bonchev–Trinajstić information content (AvgIpc) is 2.39. The normalized spacial score (nSPS) is 19.8. The molecule has 100 valence electrons.